The van der Waals surface area contributed by atoms with Gasteiger partial charge in [0.1, 0.15) is 0 Å². The van der Waals surface area contributed by atoms with Crippen molar-refractivity contribution in [2.75, 3.05) is 0 Å². The first-order valence-electron chi connectivity index (χ1n) is 10.3. The fourth-order valence-electron chi connectivity index (χ4n) is 3.27. The molecule has 0 aliphatic heterocycles. The van der Waals surface area contributed by atoms with Crippen LogP contribution in [0.5, 0.6) is 0 Å². The lowest BCUT2D eigenvalue weighted by Crippen LogP contribution is -2.69. The maximum Gasteiger partial charge on any atom is 0.460 e. The summed E-state index contributed by atoms with van der Waals surface area (Å²) >= 11 is 0. The monoisotopic (exact) mass is 688 g/mol. The molecule has 0 spiro atoms. The van der Waals surface area contributed by atoms with Crippen LogP contribution in [0.25, 0.3) is 0 Å². The van der Waals surface area contributed by atoms with Crippen LogP contribution in [-0.4, -0.2) is 53.6 Å². The number of hydrogen-bond donors (Lipinski definition) is 0. The summed E-state index contributed by atoms with van der Waals surface area (Å²) in [5, 5.41) is 0. The van der Waals surface area contributed by atoms with E-state index < -0.39 is 107 Å². The number of halogens is 23. The van der Waals surface area contributed by atoms with Crippen molar-refractivity contribution in [3.05, 3.63) is 34.4 Å². The summed E-state index contributed by atoms with van der Waals surface area (Å²) in [6.07, 6.45) is -7.77. The molecule has 0 saturated heterocycles. The highest BCUT2D eigenvalue weighted by atomic mass is 19.4. The van der Waals surface area contributed by atoms with Gasteiger partial charge in [0, 0.05) is 18.1 Å². The number of benzene rings is 1. The lowest BCUT2D eigenvalue weighted by Gasteiger charge is -2.40. The summed E-state index contributed by atoms with van der Waals surface area (Å²) in [5.41, 5.74) is -10.1. The largest absolute Gasteiger partial charge is 0.460 e. The summed E-state index contributed by atoms with van der Waals surface area (Å²) in [4.78, 5) is 0. The van der Waals surface area contributed by atoms with Crippen molar-refractivity contribution in [2.24, 2.45) is 0 Å². The van der Waals surface area contributed by atoms with Crippen molar-refractivity contribution in [3.63, 3.8) is 0 Å². The quantitative estimate of drug-likeness (QED) is 0.215. The van der Waals surface area contributed by atoms with Crippen LogP contribution in [0.2, 0.25) is 0 Å². The fraction of sp³-hybridized carbons (Fsp3) is 0.700. The predicted octanol–water partition coefficient (Wildman–Crippen LogP) is 10.2. The molecule has 23 heteroatoms. The van der Waals surface area contributed by atoms with E-state index in [4.69, 9.17) is 0 Å². The Morgan fingerprint density at radius 3 is 0.814 bits per heavy atom. The van der Waals surface area contributed by atoms with E-state index in [2.05, 4.69) is 0 Å². The third kappa shape index (κ3) is 4.93. The Morgan fingerprint density at radius 2 is 0.581 bits per heavy atom. The molecule has 1 aromatic carbocycles. The molecule has 0 aromatic heterocycles. The van der Waals surface area contributed by atoms with Gasteiger partial charge in [0.15, 0.2) is 0 Å². The Balaban J connectivity index is 3.92. The zero-order valence-corrected chi connectivity index (χ0v) is 20.3. The van der Waals surface area contributed by atoms with Crippen LogP contribution in [0.1, 0.15) is 29.2 Å². The van der Waals surface area contributed by atoms with Crippen LogP contribution in [-0.2, 0) is 11.8 Å². The van der Waals surface area contributed by atoms with Gasteiger partial charge < -0.3 is 0 Å². The van der Waals surface area contributed by atoms with Crippen molar-refractivity contribution < 1.29 is 101 Å². The SMILES string of the molecule is Cc1cc(C(F)(F)C(F)(F)C(F)(F)C(F)(F)C(F)(F)C(F)(F)F)c(C)cc1C(F)(F)C(F)(F)C(F)(F)C(F)(F)C(C)(F)F. The summed E-state index contributed by atoms with van der Waals surface area (Å²) in [5.74, 6) is -75.6. The first-order valence-corrected chi connectivity index (χ1v) is 10.3. The van der Waals surface area contributed by atoms with Crippen LogP contribution in [0.15, 0.2) is 12.1 Å². The molecule has 0 saturated carbocycles. The van der Waals surface area contributed by atoms with Gasteiger partial charge in [0.05, 0.1) is 0 Å². The molecular formula is C20H11F23. The van der Waals surface area contributed by atoms with Crippen LogP contribution in [0.3, 0.4) is 0 Å². The maximum absolute atomic E-state index is 14.5. The molecule has 1 aromatic rings. The average Bonchev–Trinajstić information content (AvgIpc) is 2.77. The first kappa shape index (κ1) is 38.6. The van der Waals surface area contributed by atoms with E-state index in [1.165, 1.54) is 0 Å². The van der Waals surface area contributed by atoms with Gasteiger partial charge in [0.2, 0.25) is 0 Å². The second-order valence-electron chi connectivity index (χ2n) is 9.04. The Kier molecular flexibility index (Phi) is 8.81. The first-order chi connectivity index (χ1) is 18.3. The number of rotatable bonds is 10. The van der Waals surface area contributed by atoms with Crippen LogP contribution in [0.4, 0.5) is 101 Å². The Labute approximate surface area is 222 Å². The van der Waals surface area contributed by atoms with E-state index in [0.29, 0.717) is 0 Å². The van der Waals surface area contributed by atoms with E-state index >= 15 is 0 Å². The van der Waals surface area contributed by atoms with Crippen molar-refractivity contribution in [1.82, 2.24) is 0 Å². The van der Waals surface area contributed by atoms with Gasteiger partial charge in [-0.1, -0.05) is 0 Å². The fourth-order valence-corrected chi connectivity index (χ4v) is 3.27. The van der Waals surface area contributed by atoms with Crippen LogP contribution < -0.4 is 0 Å². The third-order valence-electron chi connectivity index (χ3n) is 5.92. The average molecular weight is 688 g/mol. The summed E-state index contributed by atoms with van der Waals surface area (Å²) in [7, 11) is 0. The van der Waals surface area contributed by atoms with Gasteiger partial charge in [-0.2, -0.15) is 101 Å². The van der Waals surface area contributed by atoms with E-state index in [0.717, 1.165) is 0 Å². The van der Waals surface area contributed by atoms with Gasteiger partial charge in [-0.3, -0.25) is 0 Å². The van der Waals surface area contributed by atoms with Gasteiger partial charge in [0.25, 0.3) is 0 Å². The molecule has 0 nitrogen and oxygen atoms in total. The summed E-state index contributed by atoms with van der Waals surface area (Å²) in [6.45, 7) is -1.54. The molecule has 1 rings (SSSR count). The molecule has 0 N–H and O–H groups in total. The highest BCUT2D eigenvalue weighted by Crippen LogP contribution is 2.63. The predicted molar refractivity (Wildman–Crippen MR) is 95.0 cm³/mol. The zero-order chi connectivity index (χ0) is 35.2. The van der Waals surface area contributed by atoms with E-state index in [9.17, 15) is 101 Å². The molecule has 0 fully saturated rings. The minimum absolute atomic E-state index is 0.203. The summed E-state index contributed by atoms with van der Waals surface area (Å²) in [6, 6.07) is -2.04. The molecule has 43 heavy (non-hydrogen) atoms. The Hall–Kier alpha value is -2.39. The molecule has 0 unspecified atom stereocenters. The molecule has 0 bridgehead atoms. The standard InChI is InChI=1S/C20H11F23/c1-6-5-9(12(25,26)15(31,32)17(35,36)18(37,38)19(39,40)20(41,42)43)7(2)4-8(6)11(23,24)14(29,30)16(33,34)13(27,28)10(3,21)22/h4-5H,1-3H3. The minimum Gasteiger partial charge on any atom is -0.200 e. The lowest BCUT2D eigenvalue weighted by molar-refractivity contribution is -0.441. The lowest BCUT2D eigenvalue weighted by atomic mass is 9.84. The van der Waals surface area contributed by atoms with Crippen molar-refractivity contribution in [3.8, 4) is 0 Å². The third-order valence-corrected chi connectivity index (χ3v) is 5.92. The second-order valence-corrected chi connectivity index (χ2v) is 9.04. The smallest absolute Gasteiger partial charge is 0.200 e. The molecule has 0 aliphatic rings. The molecule has 0 aliphatic carbocycles. The van der Waals surface area contributed by atoms with Gasteiger partial charge in [-0.05, 0) is 37.1 Å². The van der Waals surface area contributed by atoms with E-state index in [1.54, 1.807) is 0 Å². The number of alkyl halides is 23. The van der Waals surface area contributed by atoms with E-state index in [1.807, 2.05) is 0 Å². The summed E-state index contributed by atoms with van der Waals surface area (Å²) < 4.78 is 311. The topological polar surface area (TPSA) is 0 Å². The molecule has 0 atom stereocenters. The minimum atomic E-state index is -8.37. The molecule has 0 radical (unpaired) electrons. The van der Waals surface area contributed by atoms with Gasteiger partial charge in [-0.25, -0.2) is 0 Å². The zero-order valence-electron chi connectivity index (χ0n) is 20.3. The normalized spacial score (nSPS) is 16.1. The number of aryl methyl sites for hydroxylation is 2. The highest BCUT2D eigenvalue weighted by Gasteiger charge is 2.91. The van der Waals surface area contributed by atoms with Crippen LogP contribution >= 0.6 is 0 Å². The highest BCUT2D eigenvalue weighted by molar-refractivity contribution is 5.44. The molecule has 0 heterocycles. The molecule has 252 valence electrons. The van der Waals surface area contributed by atoms with Crippen molar-refractivity contribution >= 4 is 0 Å². The van der Waals surface area contributed by atoms with Crippen LogP contribution in [0, 0.1) is 13.8 Å². The van der Waals surface area contributed by atoms with E-state index in [-0.39, 0.29) is 13.8 Å². The maximum atomic E-state index is 14.5. The number of hydrogen-bond acceptors (Lipinski definition) is 0. The van der Waals surface area contributed by atoms with Crippen molar-refractivity contribution in [2.45, 2.75) is 86.2 Å². The Morgan fingerprint density at radius 1 is 0.349 bits per heavy atom. The van der Waals surface area contributed by atoms with Crippen molar-refractivity contribution in [1.29, 1.82) is 0 Å². The molecule has 0 amide bonds. The second kappa shape index (κ2) is 9.80. The Bertz CT molecular complexity index is 1200. The molecular weight excluding hydrogens is 677 g/mol. The van der Waals surface area contributed by atoms with Gasteiger partial charge in [-0.15, -0.1) is 0 Å². The van der Waals surface area contributed by atoms with Gasteiger partial charge >= 0.3 is 65.4 Å².